The molecule has 3 nitrogen and oxygen atoms in total. The van der Waals surface area contributed by atoms with Crippen molar-refractivity contribution < 1.29 is 0 Å². The largest absolute Gasteiger partial charge is 0.314 e. The van der Waals surface area contributed by atoms with Crippen LogP contribution < -0.4 is 5.32 Å². The van der Waals surface area contributed by atoms with Crippen molar-refractivity contribution in [2.45, 2.75) is 39.2 Å². The van der Waals surface area contributed by atoms with Crippen LogP contribution in [0.3, 0.4) is 0 Å². The van der Waals surface area contributed by atoms with Gasteiger partial charge in [-0.05, 0) is 25.4 Å². The molecule has 1 aliphatic heterocycles. The highest BCUT2D eigenvalue weighted by molar-refractivity contribution is 7.09. The predicted octanol–water partition coefficient (Wildman–Crippen LogP) is 2.57. The molecule has 1 saturated heterocycles. The van der Waals surface area contributed by atoms with Gasteiger partial charge in [0.25, 0.3) is 0 Å². The molecule has 0 aliphatic carbocycles. The molecule has 2 unspecified atom stereocenters. The second kappa shape index (κ2) is 6.64. The fourth-order valence-electron chi connectivity index (χ4n) is 2.59. The van der Waals surface area contributed by atoms with Gasteiger partial charge >= 0.3 is 0 Å². The number of nitrogens with zero attached hydrogens (tertiary/aromatic N) is 2. The zero-order chi connectivity index (χ0) is 13.0. The van der Waals surface area contributed by atoms with Crippen LogP contribution in [0.1, 0.15) is 38.1 Å². The molecule has 1 aromatic heterocycles. The summed E-state index contributed by atoms with van der Waals surface area (Å²) in [5.41, 5.74) is 0. The molecule has 0 spiro atoms. The van der Waals surface area contributed by atoms with Crippen LogP contribution in [0.25, 0.3) is 0 Å². The Morgan fingerprint density at radius 3 is 3.00 bits per heavy atom. The minimum absolute atomic E-state index is 0.571. The molecule has 1 N–H and O–H groups in total. The topological polar surface area (TPSA) is 28.2 Å². The molecule has 4 heteroatoms. The van der Waals surface area contributed by atoms with Gasteiger partial charge in [0.05, 0.1) is 5.01 Å². The maximum absolute atomic E-state index is 4.42. The van der Waals surface area contributed by atoms with Gasteiger partial charge in [0.2, 0.25) is 0 Å². The van der Waals surface area contributed by atoms with Crippen LogP contribution in [0, 0.1) is 5.92 Å². The van der Waals surface area contributed by atoms with E-state index in [-0.39, 0.29) is 0 Å². The summed E-state index contributed by atoms with van der Waals surface area (Å²) < 4.78 is 0. The van der Waals surface area contributed by atoms with Crippen molar-refractivity contribution in [3.63, 3.8) is 0 Å². The minimum Gasteiger partial charge on any atom is -0.314 e. The van der Waals surface area contributed by atoms with E-state index in [0.29, 0.717) is 12.0 Å². The van der Waals surface area contributed by atoms with Crippen molar-refractivity contribution in [2.75, 3.05) is 26.2 Å². The van der Waals surface area contributed by atoms with E-state index >= 15 is 0 Å². The summed E-state index contributed by atoms with van der Waals surface area (Å²) in [6, 6.07) is 0.605. The van der Waals surface area contributed by atoms with Crippen molar-refractivity contribution in [1.29, 1.82) is 0 Å². The Labute approximate surface area is 115 Å². The van der Waals surface area contributed by atoms with Crippen LogP contribution in [-0.4, -0.2) is 42.1 Å². The highest BCUT2D eigenvalue weighted by Gasteiger charge is 2.24. The van der Waals surface area contributed by atoms with E-state index in [1.165, 1.54) is 31.1 Å². The first-order chi connectivity index (χ1) is 8.65. The van der Waals surface area contributed by atoms with E-state index < -0.39 is 0 Å². The highest BCUT2D eigenvalue weighted by atomic mass is 32.1. The third-order valence-corrected chi connectivity index (χ3v) is 4.60. The summed E-state index contributed by atoms with van der Waals surface area (Å²) in [4.78, 5) is 7.01. The summed E-state index contributed by atoms with van der Waals surface area (Å²) in [5, 5.41) is 6.90. The standard InChI is InChI=1S/C14H25N3S/c1-11(2)16-8-13-4-6-17(10-13)9-12(3)14-15-5-7-18-14/h5,7,11-13,16H,4,6,8-10H2,1-3H3. The first-order valence-electron chi connectivity index (χ1n) is 7.00. The summed E-state index contributed by atoms with van der Waals surface area (Å²) in [5.74, 6) is 1.40. The van der Waals surface area contributed by atoms with Gasteiger partial charge in [-0.25, -0.2) is 4.98 Å². The molecule has 18 heavy (non-hydrogen) atoms. The SMILES string of the molecule is CC(C)NCC1CCN(CC(C)c2nccs2)C1. The third kappa shape index (κ3) is 4.04. The van der Waals surface area contributed by atoms with Crippen LogP contribution in [0.5, 0.6) is 0 Å². The Morgan fingerprint density at radius 1 is 1.50 bits per heavy atom. The average molecular weight is 267 g/mol. The van der Waals surface area contributed by atoms with Crippen molar-refractivity contribution >= 4 is 11.3 Å². The molecule has 1 fully saturated rings. The maximum Gasteiger partial charge on any atom is 0.0965 e. The monoisotopic (exact) mass is 267 g/mol. The number of rotatable bonds is 6. The van der Waals surface area contributed by atoms with E-state index in [4.69, 9.17) is 0 Å². The number of nitrogens with one attached hydrogen (secondary N) is 1. The maximum atomic E-state index is 4.42. The molecule has 0 aromatic carbocycles. The van der Waals surface area contributed by atoms with E-state index in [1.807, 2.05) is 6.20 Å². The van der Waals surface area contributed by atoms with Crippen molar-refractivity contribution in [2.24, 2.45) is 5.92 Å². The summed E-state index contributed by atoms with van der Waals surface area (Å²) in [6.45, 7) is 11.5. The zero-order valence-electron chi connectivity index (χ0n) is 11.7. The molecule has 0 radical (unpaired) electrons. The fourth-order valence-corrected chi connectivity index (χ4v) is 3.28. The quantitative estimate of drug-likeness (QED) is 0.858. The van der Waals surface area contributed by atoms with Crippen LogP contribution in [0.15, 0.2) is 11.6 Å². The third-order valence-electron chi connectivity index (χ3n) is 3.59. The Balaban J connectivity index is 1.72. The second-order valence-electron chi connectivity index (χ2n) is 5.75. The van der Waals surface area contributed by atoms with Gasteiger partial charge in [-0.3, -0.25) is 0 Å². The molecule has 1 aromatic rings. The van der Waals surface area contributed by atoms with Crippen molar-refractivity contribution in [1.82, 2.24) is 15.2 Å². The van der Waals surface area contributed by atoms with Gasteiger partial charge in [0, 0.05) is 36.6 Å². The zero-order valence-corrected chi connectivity index (χ0v) is 12.5. The molecule has 2 atom stereocenters. The summed E-state index contributed by atoms with van der Waals surface area (Å²) >= 11 is 1.78. The van der Waals surface area contributed by atoms with Crippen LogP contribution >= 0.6 is 11.3 Å². The van der Waals surface area contributed by atoms with Crippen LogP contribution in [0.4, 0.5) is 0 Å². The van der Waals surface area contributed by atoms with Gasteiger partial charge in [-0.1, -0.05) is 20.8 Å². The lowest BCUT2D eigenvalue weighted by Crippen LogP contribution is -2.31. The Morgan fingerprint density at radius 2 is 2.33 bits per heavy atom. The van der Waals surface area contributed by atoms with Crippen molar-refractivity contribution in [3.8, 4) is 0 Å². The van der Waals surface area contributed by atoms with Crippen LogP contribution in [-0.2, 0) is 0 Å². The highest BCUT2D eigenvalue weighted by Crippen LogP contribution is 2.22. The van der Waals surface area contributed by atoms with Gasteiger partial charge in [0.15, 0.2) is 0 Å². The lowest BCUT2D eigenvalue weighted by atomic mass is 10.1. The molecule has 2 heterocycles. The molecule has 0 saturated carbocycles. The summed E-state index contributed by atoms with van der Waals surface area (Å²) in [7, 11) is 0. The Bertz CT molecular complexity index is 337. The van der Waals surface area contributed by atoms with Crippen LogP contribution in [0.2, 0.25) is 0 Å². The van der Waals surface area contributed by atoms with Gasteiger partial charge in [-0.2, -0.15) is 0 Å². The number of hydrogen-bond acceptors (Lipinski definition) is 4. The second-order valence-corrected chi connectivity index (χ2v) is 6.67. The molecular formula is C14H25N3S. The number of hydrogen-bond donors (Lipinski definition) is 1. The number of aromatic nitrogens is 1. The normalized spacial score (nSPS) is 22.8. The van der Waals surface area contributed by atoms with E-state index in [0.717, 1.165) is 12.5 Å². The average Bonchev–Trinajstić information content (AvgIpc) is 2.97. The van der Waals surface area contributed by atoms with E-state index in [1.54, 1.807) is 11.3 Å². The Kier molecular flexibility index (Phi) is 5.15. The number of likely N-dealkylation sites (tertiary alicyclic amines) is 1. The Hall–Kier alpha value is -0.450. The molecule has 1 aliphatic rings. The minimum atomic E-state index is 0.571. The molecular weight excluding hydrogens is 242 g/mol. The first kappa shape index (κ1) is 14.0. The first-order valence-corrected chi connectivity index (χ1v) is 7.88. The smallest absolute Gasteiger partial charge is 0.0965 e. The van der Waals surface area contributed by atoms with Gasteiger partial charge in [-0.15, -0.1) is 11.3 Å². The number of thiazole rings is 1. The van der Waals surface area contributed by atoms with E-state index in [9.17, 15) is 0 Å². The molecule has 0 amide bonds. The molecule has 0 bridgehead atoms. The lowest BCUT2D eigenvalue weighted by molar-refractivity contribution is 0.304. The van der Waals surface area contributed by atoms with Crippen molar-refractivity contribution in [3.05, 3.63) is 16.6 Å². The molecule has 2 rings (SSSR count). The lowest BCUT2D eigenvalue weighted by Gasteiger charge is -2.20. The summed E-state index contributed by atoms with van der Waals surface area (Å²) in [6.07, 6.45) is 3.25. The fraction of sp³-hybridized carbons (Fsp3) is 0.786. The van der Waals surface area contributed by atoms with Gasteiger partial charge in [0.1, 0.15) is 0 Å². The van der Waals surface area contributed by atoms with Gasteiger partial charge < -0.3 is 10.2 Å². The molecule has 102 valence electrons. The van der Waals surface area contributed by atoms with E-state index in [2.05, 4.69) is 41.4 Å². The predicted molar refractivity (Wildman–Crippen MR) is 78.2 cm³/mol.